The standard InChI is InChI=1S/C31H27F2N9O2/c1-40-18-23(17-35-40)21-7-8-26-24(15-21)36-30(44-26)22-9-12-34-25(16-22)31(43)41-13-10-20(11-14-41)27(19-5-3-2-4-6-19)42-38-29(28(32)33)37-39-42/h2-9,12,15-18,20,27-28H,10-11,13-14H2,1H3. The Kier molecular flexibility index (Phi) is 7.12. The van der Waals surface area contributed by atoms with Gasteiger partial charge in [0.05, 0.1) is 6.20 Å². The SMILES string of the molecule is Cn1cc(-c2ccc3oc(-c4ccnc(C(=O)N5CCC(C(c6ccccc6)n6nnc(C(F)F)n6)CC5)c4)nc3c2)cn1. The number of carbonyl (C=O) groups is 1. The Balaban J connectivity index is 1.08. The van der Waals surface area contributed by atoms with E-state index in [9.17, 15) is 13.6 Å². The van der Waals surface area contributed by atoms with Crippen LogP contribution >= 0.6 is 0 Å². The van der Waals surface area contributed by atoms with Crippen molar-refractivity contribution in [3.05, 3.63) is 96.3 Å². The molecule has 0 spiro atoms. The molecule has 4 aromatic heterocycles. The number of amides is 1. The lowest BCUT2D eigenvalue weighted by atomic mass is 9.85. The molecule has 1 unspecified atom stereocenters. The van der Waals surface area contributed by atoms with Gasteiger partial charge in [0.15, 0.2) is 5.58 Å². The topological polar surface area (TPSA) is 121 Å². The maximum Gasteiger partial charge on any atom is 0.301 e. The Morgan fingerprint density at radius 3 is 2.55 bits per heavy atom. The summed E-state index contributed by atoms with van der Waals surface area (Å²) in [6.45, 7) is 0.935. The highest BCUT2D eigenvalue weighted by molar-refractivity contribution is 5.93. The highest BCUT2D eigenvalue weighted by Gasteiger charge is 2.33. The van der Waals surface area contributed by atoms with E-state index < -0.39 is 12.2 Å². The second kappa shape index (κ2) is 11.4. The number of rotatable bonds is 7. The minimum Gasteiger partial charge on any atom is -0.436 e. The number of fused-ring (bicyclic) bond motifs is 1. The zero-order valence-electron chi connectivity index (χ0n) is 23.7. The fourth-order valence-electron chi connectivity index (χ4n) is 5.75. The first kappa shape index (κ1) is 27.5. The molecule has 44 heavy (non-hydrogen) atoms. The van der Waals surface area contributed by atoms with E-state index in [0.717, 1.165) is 16.7 Å². The zero-order chi connectivity index (χ0) is 30.2. The highest BCUT2D eigenvalue weighted by Crippen LogP contribution is 2.34. The number of hydrogen-bond donors (Lipinski definition) is 0. The summed E-state index contributed by atoms with van der Waals surface area (Å²) in [4.78, 5) is 25.6. The van der Waals surface area contributed by atoms with E-state index >= 15 is 0 Å². The number of carbonyl (C=O) groups excluding carboxylic acids is 1. The molecule has 1 amide bonds. The van der Waals surface area contributed by atoms with Crippen LogP contribution < -0.4 is 0 Å². The Bertz CT molecular complexity index is 1930. The molecule has 0 N–H and O–H groups in total. The summed E-state index contributed by atoms with van der Waals surface area (Å²) in [5.41, 5.74) is 5.12. The van der Waals surface area contributed by atoms with E-state index in [1.807, 2.05) is 61.8 Å². The maximum atomic E-state index is 13.5. The van der Waals surface area contributed by atoms with Crippen molar-refractivity contribution in [1.29, 1.82) is 0 Å². The van der Waals surface area contributed by atoms with Crippen LogP contribution in [0.25, 0.3) is 33.7 Å². The van der Waals surface area contributed by atoms with Crippen molar-refractivity contribution in [3.63, 3.8) is 0 Å². The van der Waals surface area contributed by atoms with E-state index in [1.165, 1.54) is 4.80 Å². The van der Waals surface area contributed by atoms with E-state index in [1.54, 1.807) is 34.1 Å². The minimum absolute atomic E-state index is 0.0109. The average molecular weight is 596 g/mol. The number of oxazole rings is 1. The van der Waals surface area contributed by atoms with Crippen molar-refractivity contribution in [2.24, 2.45) is 13.0 Å². The molecule has 5 heterocycles. The van der Waals surface area contributed by atoms with Gasteiger partial charge in [0.1, 0.15) is 17.3 Å². The molecule has 0 saturated carbocycles. The molecule has 1 fully saturated rings. The number of likely N-dealkylation sites (tertiary alicyclic amines) is 1. The van der Waals surface area contributed by atoms with Crippen LogP contribution in [0.15, 0.2) is 83.7 Å². The summed E-state index contributed by atoms with van der Waals surface area (Å²) in [5.74, 6) is -0.391. The van der Waals surface area contributed by atoms with Crippen molar-refractivity contribution in [2.45, 2.75) is 25.3 Å². The van der Waals surface area contributed by atoms with E-state index in [4.69, 9.17) is 4.42 Å². The van der Waals surface area contributed by atoms with Crippen LogP contribution in [0, 0.1) is 5.92 Å². The Hall–Kier alpha value is -5.33. The summed E-state index contributed by atoms with van der Waals surface area (Å²) in [7, 11) is 1.87. The normalized spacial score (nSPS) is 14.9. The van der Waals surface area contributed by atoms with Gasteiger partial charge >= 0.3 is 6.43 Å². The van der Waals surface area contributed by atoms with Crippen LogP contribution in [0.2, 0.25) is 0 Å². The highest BCUT2D eigenvalue weighted by atomic mass is 19.3. The summed E-state index contributed by atoms with van der Waals surface area (Å²) < 4.78 is 34.2. The second-order valence-corrected chi connectivity index (χ2v) is 10.8. The van der Waals surface area contributed by atoms with E-state index in [2.05, 4.69) is 30.5 Å². The van der Waals surface area contributed by atoms with Crippen molar-refractivity contribution in [2.75, 3.05) is 13.1 Å². The molecule has 1 aliphatic heterocycles. The van der Waals surface area contributed by atoms with Gasteiger partial charge in [-0.2, -0.15) is 9.90 Å². The van der Waals surface area contributed by atoms with Gasteiger partial charge in [0.2, 0.25) is 11.7 Å². The largest absolute Gasteiger partial charge is 0.436 e. The van der Waals surface area contributed by atoms with Gasteiger partial charge in [-0.1, -0.05) is 36.4 Å². The van der Waals surface area contributed by atoms with Gasteiger partial charge < -0.3 is 9.32 Å². The van der Waals surface area contributed by atoms with Crippen LogP contribution in [-0.4, -0.2) is 63.9 Å². The van der Waals surface area contributed by atoms with Crippen LogP contribution in [0.1, 0.15) is 47.2 Å². The minimum atomic E-state index is -2.80. The lowest BCUT2D eigenvalue weighted by Crippen LogP contribution is -2.41. The van der Waals surface area contributed by atoms with Gasteiger partial charge in [-0.25, -0.2) is 13.8 Å². The lowest BCUT2D eigenvalue weighted by molar-refractivity contribution is 0.0657. The van der Waals surface area contributed by atoms with Crippen LogP contribution in [0.3, 0.4) is 0 Å². The molecule has 6 aromatic rings. The molecule has 1 saturated heterocycles. The van der Waals surface area contributed by atoms with Gasteiger partial charge in [0.25, 0.3) is 5.91 Å². The first-order valence-electron chi connectivity index (χ1n) is 14.2. The maximum absolute atomic E-state index is 13.5. The van der Waals surface area contributed by atoms with Gasteiger partial charge in [0, 0.05) is 43.7 Å². The molecule has 0 aliphatic carbocycles. The number of aromatic nitrogens is 8. The smallest absolute Gasteiger partial charge is 0.301 e. The molecule has 0 radical (unpaired) electrons. The third-order valence-corrected chi connectivity index (χ3v) is 7.95. The summed E-state index contributed by atoms with van der Waals surface area (Å²) in [6, 6.07) is 18.4. The number of piperidine rings is 1. The molecule has 0 bridgehead atoms. The number of halogens is 2. The summed E-state index contributed by atoms with van der Waals surface area (Å²) in [6.07, 6.45) is 3.75. The average Bonchev–Trinajstić information content (AvgIpc) is 3.82. The van der Waals surface area contributed by atoms with Crippen molar-refractivity contribution in [1.82, 2.24) is 44.9 Å². The van der Waals surface area contributed by atoms with Gasteiger partial charge in [-0.3, -0.25) is 14.5 Å². The third-order valence-electron chi connectivity index (χ3n) is 7.95. The van der Waals surface area contributed by atoms with Crippen LogP contribution in [0.5, 0.6) is 0 Å². The first-order chi connectivity index (χ1) is 21.4. The van der Waals surface area contributed by atoms with Gasteiger partial charge in [-0.15, -0.1) is 10.2 Å². The number of pyridine rings is 1. The predicted octanol–water partition coefficient (Wildman–Crippen LogP) is 5.36. The van der Waals surface area contributed by atoms with Crippen molar-refractivity contribution < 1.29 is 18.0 Å². The number of alkyl halides is 2. The Morgan fingerprint density at radius 1 is 1.00 bits per heavy atom. The molecule has 13 heteroatoms. The van der Waals surface area contributed by atoms with E-state index in [0.29, 0.717) is 54.2 Å². The summed E-state index contributed by atoms with van der Waals surface area (Å²) in [5, 5.41) is 15.7. The predicted molar refractivity (Wildman–Crippen MR) is 155 cm³/mol. The Morgan fingerprint density at radius 2 is 1.82 bits per heavy atom. The fourth-order valence-corrected chi connectivity index (χ4v) is 5.75. The second-order valence-electron chi connectivity index (χ2n) is 10.8. The number of benzene rings is 2. The molecule has 1 atom stereocenters. The fraction of sp³-hybridized carbons (Fsp3) is 0.258. The molecular weight excluding hydrogens is 568 g/mol. The number of hydrogen-bond acceptors (Lipinski definition) is 8. The van der Waals surface area contributed by atoms with Crippen LogP contribution in [-0.2, 0) is 7.05 Å². The molecule has 222 valence electrons. The lowest BCUT2D eigenvalue weighted by Gasteiger charge is -2.35. The molecule has 1 aliphatic rings. The number of nitrogens with zero attached hydrogens (tertiary/aromatic N) is 9. The molecule has 2 aromatic carbocycles. The van der Waals surface area contributed by atoms with E-state index in [-0.39, 0.29) is 17.9 Å². The first-order valence-corrected chi connectivity index (χ1v) is 14.2. The molecular formula is C31H27F2N9O2. The summed E-state index contributed by atoms with van der Waals surface area (Å²) >= 11 is 0. The quantitative estimate of drug-likeness (QED) is 0.242. The molecule has 7 rings (SSSR count). The van der Waals surface area contributed by atoms with Crippen molar-refractivity contribution in [3.8, 4) is 22.6 Å². The van der Waals surface area contributed by atoms with Crippen LogP contribution in [0.4, 0.5) is 8.78 Å². The van der Waals surface area contributed by atoms with Crippen molar-refractivity contribution >= 4 is 17.0 Å². The Labute approximate surface area is 250 Å². The third kappa shape index (κ3) is 5.32. The zero-order valence-corrected chi connectivity index (χ0v) is 23.7. The number of tetrazole rings is 1. The molecule has 11 nitrogen and oxygen atoms in total. The number of aryl methyl sites for hydroxylation is 1. The monoisotopic (exact) mass is 595 g/mol. The van der Waals surface area contributed by atoms with Gasteiger partial charge in [-0.05, 0) is 59.4 Å².